The minimum Gasteiger partial charge on any atom is -0.360 e. The Hall–Kier alpha value is -6.75. The van der Waals surface area contributed by atoms with E-state index >= 15 is 0 Å². The van der Waals surface area contributed by atoms with Crippen LogP contribution in [-0.2, 0) is 6.42 Å². The second-order valence-corrected chi connectivity index (χ2v) is 16.0. The van der Waals surface area contributed by atoms with Crippen LogP contribution in [0.4, 0.5) is 5.69 Å². The number of para-hydroxylation sites is 2. The Kier molecular flexibility index (Phi) is 9.40. The average Bonchev–Trinajstić information content (AvgIpc) is 3.85. The summed E-state index contributed by atoms with van der Waals surface area (Å²) in [4.78, 5) is 5.21. The summed E-state index contributed by atoms with van der Waals surface area (Å²) >= 11 is 1.93. The van der Waals surface area contributed by atoms with Gasteiger partial charge < -0.3 is 9.88 Å². The lowest BCUT2D eigenvalue weighted by Gasteiger charge is -2.26. The smallest absolute Gasteiger partial charge is 0.145 e. The highest BCUT2D eigenvalue weighted by Gasteiger charge is 2.26. The van der Waals surface area contributed by atoms with E-state index < -0.39 is 0 Å². The van der Waals surface area contributed by atoms with Crippen molar-refractivity contribution in [3.05, 3.63) is 222 Å². The maximum absolute atomic E-state index is 5.21. The molecule has 3 heterocycles. The number of anilines is 1. The predicted molar refractivity (Wildman–Crippen MR) is 249 cm³/mol. The van der Waals surface area contributed by atoms with Gasteiger partial charge in [-0.2, -0.15) is 0 Å². The summed E-state index contributed by atoms with van der Waals surface area (Å²) in [7, 11) is 0. The van der Waals surface area contributed by atoms with Crippen molar-refractivity contribution in [3.63, 3.8) is 0 Å². The standard InChI is InChI=1S/C50H35N3S.C4H8/c1-2-11-34(12-3-1)48-42-15-4-7-18-44(42)51-50(52-48)35-23-21-32(22-24-35)33-25-28-37(29-26-33)53-45-19-8-5-13-39(45)43-31-36(27-30-46(43)53)38-16-10-17-41-40-14-6-9-20-47(40)54-49(38)41;1-3-4-2/h1-30,36,50-51H,31H2;3-4H,1-2H3/b;4-3-. The summed E-state index contributed by atoms with van der Waals surface area (Å²) in [6, 6.07) is 61.4. The Morgan fingerprint density at radius 2 is 1.29 bits per heavy atom. The fourth-order valence-electron chi connectivity index (χ4n) is 8.60. The molecule has 0 saturated carbocycles. The van der Waals surface area contributed by atoms with Gasteiger partial charge in [0, 0.05) is 59.7 Å². The molecule has 9 aromatic rings. The zero-order chi connectivity index (χ0) is 39.0. The number of nitrogens with one attached hydrogen (secondary N) is 1. The number of aromatic nitrogens is 1. The number of fused-ring (bicyclic) bond motifs is 7. The van der Waals surface area contributed by atoms with Gasteiger partial charge in [0.25, 0.3) is 0 Å². The normalized spacial score (nSPS) is 15.8. The van der Waals surface area contributed by atoms with Crippen molar-refractivity contribution in [1.29, 1.82) is 0 Å². The number of hydrogen-bond donors (Lipinski definition) is 1. The number of aliphatic imine (C=N–C) groups is 1. The molecule has 0 amide bonds. The van der Waals surface area contributed by atoms with Gasteiger partial charge in [-0.1, -0.05) is 158 Å². The molecule has 7 aromatic carbocycles. The van der Waals surface area contributed by atoms with Crippen LogP contribution < -0.4 is 5.32 Å². The first-order chi connectivity index (χ1) is 28.7. The van der Waals surface area contributed by atoms with Crippen LogP contribution in [0.15, 0.2) is 193 Å². The Labute approximate surface area is 344 Å². The third-order valence-corrected chi connectivity index (χ3v) is 12.8. The fraction of sp³-hybridized carbons (Fsp3) is 0.0926. The molecule has 0 radical (unpaired) electrons. The van der Waals surface area contributed by atoms with Crippen molar-refractivity contribution in [1.82, 2.24) is 4.57 Å². The van der Waals surface area contributed by atoms with Crippen molar-refractivity contribution < 1.29 is 0 Å². The third-order valence-electron chi connectivity index (χ3n) is 11.6. The number of hydrogen-bond acceptors (Lipinski definition) is 3. The molecule has 0 spiro atoms. The Morgan fingerprint density at radius 3 is 2.09 bits per heavy atom. The first-order valence-electron chi connectivity index (χ1n) is 20.2. The summed E-state index contributed by atoms with van der Waals surface area (Å²) < 4.78 is 5.21. The average molecular weight is 766 g/mol. The van der Waals surface area contributed by atoms with Gasteiger partial charge in [-0.25, -0.2) is 0 Å². The van der Waals surface area contributed by atoms with Gasteiger partial charge in [-0.3, -0.25) is 4.99 Å². The van der Waals surface area contributed by atoms with Gasteiger partial charge in [-0.15, -0.1) is 11.3 Å². The minimum atomic E-state index is -0.162. The van der Waals surface area contributed by atoms with Crippen LogP contribution in [0.5, 0.6) is 0 Å². The van der Waals surface area contributed by atoms with Crippen LogP contribution in [0.2, 0.25) is 0 Å². The number of allylic oxidation sites excluding steroid dienone is 3. The maximum atomic E-state index is 5.21. The van der Waals surface area contributed by atoms with Crippen molar-refractivity contribution in [2.45, 2.75) is 32.4 Å². The second-order valence-electron chi connectivity index (χ2n) is 15.0. The SMILES string of the molecule is C/C=C\C.C1=CC(c2cccc3c2sc2ccccc23)Cc2c1n(-c1ccc(-c3ccc(C4N=C(c5ccccc5)c5ccccc5N4)cc3)cc1)c1ccccc21. The zero-order valence-electron chi connectivity index (χ0n) is 32.6. The van der Waals surface area contributed by atoms with Gasteiger partial charge in [0.15, 0.2) is 0 Å². The highest BCUT2D eigenvalue weighted by molar-refractivity contribution is 7.26. The second kappa shape index (κ2) is 15.3. The number of rotatable bonds is 5. The maximum Gasteiger partial charge on any atom is 0.145 e. The van der Waals surface area contributed by atoms with Gasteiger partial charge >= 0.3 is 0 Å². The highest BCUT2D eigenvalue weighted by atomic mass is 32.1. The molecule has 1 aliphatic carbocycles. The molecule has 2 aromatic heterocycles. The zero-order valence-corrected chi connectivity index (χ0v) is 33.5. The molecule has 11 rings (SSSR count). The van der Waals surface area contributed by atoms with Gasteiger partial charge in [0.1, 0.15) is 6.17 Å². The number of nitrogens with zero attached hydrogens (tertiary/aromatic N) is 2. The van der Waals surface area contributed by atoms with Gasteiger partial charge in [-0.05, 0) is 84.5 Å². The lowest BCUT2D eigenvalue weighted by Crippen LogP contribution is -2.20. The van der Waals surface area contributed by atoms with E-state index in [-0.39, 0.29) is 6.17 Å². The van der Waals surface area contributed by atoms with Crippen molar-refractivity contribution in [2.24, 2.45) is 4.99 Å². The Bertz CT molecular complexity index is 3010. The lowest BCUT2D eigenvalue weighted by atomic mass is 9.86. The Balaban J connectivity index is 0.000000978. The molecule has 0 fully saturated rings. The first kappa shape index (κ1) is 35.6. The molecule has 58 heavy (non-hydrogen) atoms. The molecule has 1 aliphatic heterocycles. The van der Waals surface area contributed by atoms with Crippen LogP contribution in [0.3, 0.4) is 0 Å². The van der Waals surface area contributed by atoms with Crippen molar-refractivity contribution in [2.75, 3.05) is 5.32 Å². The van der Waals surface area contributed by atoms with Crippen LogP contribution in [0.1, 0.15) is 59.4 Å². The Morgan fingerprint density at radius 1 is 0.621 bits per heavy atom. The molecular formula is C54H43N3S. The van der Waals surface area contributed by atoms with E-state index in [0.717, 1.165) is 34.5 Å². The lowest BCUT2D eigenvalue weighted by molar-refractivity contribution is 0.828. The van der Waals surface area contributed by atoms with Crippen molar-refractivity contribution in [3.8, 4) is 16.8 Å². The van der Waals surface area contributed by atoms with E-state index in [1.54, 1.807) is 0 Å². The van der Waals surface area contributed by atoms with E-state index in [4.69, 9.17) is 4.99 Å². The van der Waals surface area contributed by atoms with Gasteiger partial charge in [0.05, 0.1) is 11.2 Å². The first-order valence-corrected chi connectivity index (χ1v) is 21.0. The van der Waals surface area contributed by atoms with E-state index in [1.165, 1.54) is 64.7 Å². The van der Waals surface area contributed by atoms with E-state index in [2.05, 4.69) is 192 Å². The van der Waals surface area contributed by atoms with E-state index in [1.807, 2.05) is 37.3 Å². The van der Waals surface area contributed by atoms with Crippen LogP contribution in [0, 0.1) is 0 Å². The van der Waals surface area contributed by atoms with Crippen LogP contribution in [0.25, 0.3) is 54.0 Å². The molecular weight excluding hydrogens is 723 g/mol. The topological polar surface area (TPSA) is 29.3 Å². The summed E-state index contributed by atoms with van der Waals surface area (Å²) in [6.45, 7) is 4.00. The fourth-order valence-corrected chi connectivity index (χ4v) is 9.88. The number of thiophene rings is 1. The quantitative estimate of drug-likeness (QED) is 0.174. The van der Waals surface area contributed by atoms with Gasteiger partial charge in [0.2, 0.25) is 0 Å². The van der Waals surface area contributed by atoms with Crippen LogP contribution >= 0.6 is 11.3 Å². The third kappa shape index (κ3) is 6.36. The summed E-state index contributed by atoms with van der Waals surface area (Å²) in [5.41, 5.74) is 14.5. The van der Waals surface area contributed by atoms with Crippen molar-refractivity contribution >= 4 is 59.9 Å². The van der Waals surface area contributed by atoms with E-state index in [0.29, 0.717) is 5.92 Å². The molecule has 1 N–H and O–H groups in total. The summed E-state index contributed by atoms with van der Waals surface area (Å²) in [6.07, 6.45) is 9.62. The van der Waals surface area contributed by atoms with Crippen LogP contribution in [-0.4, -0.2) is 10.3 Å². The molecule has 4 heteroatoms. The minimum absolute atomic E-state index is 0.162. The molecule has 280 valence electrons. The molecule has 3 nitrogen and oxygen atoms in total. The summed E-state index contributed by atoms with van der Waals surface area (Å²) in [5.74, 6) is 0.327. The molecule has 2 unspecified atom stereocenters. The van der Waals surface area contributed by atoms with E-state index in [9.17, 15) is 0 Å². The monoisotopic (exact) mass is 765 g/mol. The number of benzene rings is 7. The predicted octanol–water partition coefficient (Wildman–Crippen LogP) is 14.6. The largest absolute Gasteiger partial charge is 0.360 e. The molecule has 0 bridgehead atoms. The molecule has 2 atom stereocenters. The highest BCUT2D eigenvalue weighted by Crippen LogP contribution is 2.43. The molecule has 0 saturated heterocycles. The molecule has 2 aliphatic rings. The summed E-state index contributed by atoms with van der Waals surface area (Å²) in [5, 5.41) is 7.72.